The van der Waals surface area contributed by atoms with Gasteiger partial charge in [-0.3, -0.25) is 4.79 Å². The van der Waals surface area contributed by atoms with Crippen molar-refractivity contribution in [2.24, 2.45) is 11.8 Å². The SMILES string of the molecule is CC(=O)Nc1ccc(CN[C@@H]2CCC[C@@H](C)[C@H]2C)cc1. The number of rotatable bonds is 4. The van der Waals surface area contributed by atoms with Crippen LogP contribution in [0.3, 0.4) is 0 Å². The zero-order chi connectivity index (χ0) is 14.5. The van der Waals surface area contributed by atoms with E-state index in [1.165, 1.54) is 31.7 Å². The summed E-state index contributed by atoms with van der Waals surface area (Å²) in [6, 6.07) is 8.72. The summed E-state index contributed by atoms with van der Waals surface area (Å²) in [4.78, 5) is 11.0. The molecule has 3 heteroatoms. The fourth-order valence-electron chi connectivity index (χ4n) is 3.03. The first kappa shape index (κ1) is 15.0. The Bertz CT molecular complexity index is 441. The van der Waals surface area contributed by atoms with Crippen LogP contribution in [0.2, 0.25) is 0 Å². The van der Waals surface area contributed by atoms with Gasteiger partial charge in [-0.25, -0.2) is 0 Å². The smallest absolute Gasteiger partial charge is 0.221 e. The Kier molecular flexibility index (Phi) is 5.18. The van der Waals surface area contributed by atoms with Crippen molar-refractivity contribution >= 4 is 11.6 Å². The van der Waals surface area contributed by atoms with E-state index in [4.69, 9.17) is 0 Å². The van der Waals surface area contributed by atoms with Crippen LogP contribution in [0.1, 0.15) is 45.6 Å². The van der Waals surface area contributed by atoms with Crippen molar-refractivity contribution in [3.05, 3.63) is 29.8 Å². The van der Waals surface area contributed by atoms with E-state index in [-0.39, 0.29) is 5.91 Å². The van der Waals surface area contributed by atoms with Crippen LogP contribution >= 0.6 is 0 Å². The third kappa shape index (κ3) is 4.07. The number of anilines is 1. The first-order valence-corrected chi connectivity index (χ1v) is 7.66. The summed E-state index contributed by atoms with van der Waals surface area (Å²) in [6.07, 6.45) is 3.99. The normalized spacial score (nSPS) is 26.2. The van der Waals surface area contributed by atoms with Crippen molar-refractivity contribution in [1.29, 1.82) is 0 Å². The Hall–Kier alpha value is -1.35. The van der Waals surface area contributed by atoms with E-state index in [9.17, 15) is 4.79 Å². The lowest BCUT2D eigenvalue weighted by Gasteiger charge is -2.34. The first-order valence-electron chi connectivity index (χ1n) is 7.66. The van der Waals surface area contributed by atoms with Crippen LogP contribution in [-0.2, 0) is 11.3 Å². The second-order valence-electron chi connectivity index (χ2n) is 6.13. The van der Waals surface area contributed by atoms with E-state index in [1.54, 1.807) is 0 Å². The van der Waals surface area contributed by atoms with Gasteiger partial charge in [0.15, 0.2) is 0 Å². The molecule has 0 bridgehead atoms. The van der Waals surface area contributed by atoms with E-state index >= 15 is 0 Å². The van der Waals surface area contributed by atoms with E-state index in [1.807, 2.05) is 12.1 Å². The van der Waals surface area contributed by atoms with Gasteiger partial charge >= 0.3 is 0 Å². The third-order valence-corrected chi connectivity index (χ3v) is 4.55. The fourth-order valence-corrected chi connectivity index (χ4v) is 3.03. The minimum absolute atomic E-state index is 0.0270. The van der Waals surface area contributed by atoms with Gasteiger partial charge in [0.1, 0.15) is 0 Å². The number of nitrogens with one attached hydrogen (secondary N) is 2. The van der Waals surface area contributed by atoms with Gasteiger partial charge in [0.05, 0.1) is 0 Å². The molecule has 0 spiro atoms. The number of carbonyl (C=O) groups is 1. The van der Waals surface area contributed by atoms with Gasteiger partial charge in [0.2, 0.25) is 5.91 Å². The highest BCUT2D eigenvalue weighted by Crippen LogP contribution is 2.29. The monoisotopic (exact) mass is 274 g/mol. The minimum atomic E-state index is -0.0270. The molecule has 2 rings (SSSR count). The average molecular weight is 274 g/mol. The van der Waals surface area contributed by atoms with Crippen molar-refractivity contribution < 1.29 is 4.79 Å². The van der Waals surface area contributed by atoms with Crippen LogP contribution in [0.25, 0.3) is 0 Å². The predicted molar refractivity (Wildman–Crippen MR) is 83.6 cm³/mol. The lowest BCUT2D eigenvalue weighted by atomic mass is 9.78. The van der Waals surface area contributed by atoms with E-state index in [2.05, 4.69) is 36.6 Å². The molecule has 0 saturated heterocycles. The molecule has 3 nitrogen and oxygen atoms in total. The fraction of sp³-hybridized carbons (Fsp3) is 0.588. The molecule has 1 amide bonds. The lowest BCUT2D eigenvalue weighted by Crippen LogP contribution is -2.40. The zero-order valence-corrected chi connectivity index (χ0v) is 12.8. The summed E-state index contributed by atoms with van der Waals surface area (Å²) in [5.74, 6) is 1.55. The highest BCUT2D eigenvalue weighted by molar-refractivity contribution is 5.88. The van der Waals surface area contributed by atoms with Gasteiger partial charge in [-0.15, -0.1) is 0 Å². The summed E-state index contributed by atoms with van der Waals surface area (Å²) in [5, 5.41) is 6.48. The number of hydrogen-bond acceptors (Lipinski definition) is 2. The Morgan fingerprint density at radius 1 is 1.20 bits per heavy atom. The summed E-state index contributed by atoms with van der Waals surface area (Å²) in [6.45, 7) is 7.16. The molecule has 20 heavy (non-hydrogen) atoms. The number of benzene rings is 1. The van der Waals surface area contributed by atoms with Crippen LogP contribution in [0, 0.1) is 11.8 Å². The molecule has 110 valence electrons. The van der Waals surface area contributed by atoms with Crippen LogP contribution in [0.5, 0.6) is 0 Å². The Morgan fingerprint density at radius 3 is 2.55 bits per heavy atom. The lowest BCUT2D eigenvalue weighted by molar-refractivity contribution is -0.114. The standard InChI is InChI=1S/C17H26N2O/c1-12-5-4-6-17(13(12)2)18-11-15-7-9-16(10-8-15)19-14(3)20/h7-10,12-13,17-18H,4-6,11H2,1-3H3,(H,19,20)/t12-,13-,17-/m1/s1. The van der Waals surface area contributed by atoms with Gasteiger partial charge in [-0.05, 0) is 36.0 Å². The van der Waals surface area contributed by atoms with Crippen molar-refractivity contribution in [1.82, 2.24) is 5.32 Å². The largest absolute Gasteiger partial charge is 0.326 e. The van der Waals surface area contributed by atoms with Crippen LogP contribution in [0.15, 0.2) is 24.3 Å². The average Bonchev–Trinajstić information content (AvgIpc) is 2.41. The molecule has 1 fully saturated rings. The number of carbonyl (C=O) groups excluding carboxylic acids is 1. The second-order valence-corrected chi connectivity index (χ2v) is 6.13. The summed E-state index contributed by atoms with van der Waals surface area (Å²) >= 11 is 0. The molecular formula is C17H26N2O. The molecule has 1 aromatic carbocycles. The highest BCUT2D eigenvalue weighted by Gasteiger charge is 2.26. The zero-order valence-electron chi connectivity index (χ0n) is 12.8. The molecule has 0 unspecified atom stereocenters. The van der Waals surface area contributed by atoms with Crippen LogP contribution in [0.4, 0.5) is 5.69 Å². The molecule has 2 N–H and O–H groups in total. The Morgan fingerprint density at radius 2 is 1.90 bits per heavy atom. The maximum Gasteiger partial charge on any atom is 0.221 e. The van der Waals surface area contributed by atoms with E-state index in [0.717, 1.165) is 24.1 Å². The second kappa shape index (κ2) is 6.89. The summed E-state index contributed by atoms with van der Waals surface area (Å²) in [7, 11) is 0. The molecule has 1 aromatic rings. The molecule has 1 aliphatic carbocycles. The van der Waals surface area contributed by atoms with Crippen LogP contribution < -0.4 is 10.6 Å². The molecule has 0 aliphatic heterocycles. The molecule has 0 aromatic heterocycles. The topological polar surface area (TPSA) is 41.1 Å². The van der Waals surface area contributed by atoms with E-state index < -0.39 is 0 Å². The minimum Gasteiger partial charge on any atom is -0.326 e. The van der Waals surface area contributed by atoms with Gasteiger partial charge < -0.3 is 10.6 Å². The van der Waals surface area contributed by atoms with Gasteiger partial charge in [-0.2, -0.15) is 0 Å². The van der Waals surface area contributed by atoms with Crippen LogP contribution in [-0.4, -0.2) is 11.9 Å². The maximum atomic E-state index is 11.0. The maximum absolute atomic E-state index is 11.0. The summed E-state index contributed by atoms with van der Waals surface area (Å²) < 4.78 is 0. The van der Waals surface area contributed by atoms with Crippen molar-refractivity contribution in [3.63, 3.8) is 0 Å². The Labute approximate surface area is 122 Å². The van der Waals surface area contributed by atoms with Crippen molar-refractivity contribution in [3.8, 4) is 0 Å². The third-order valence-electron chi connectivity index (χ3n) is 4.55. The molecule has 3 atom stereocenters. The summed E-state index contributed by atoms with van der Waals surface area (Å²) in [5.41, 5.74) is 2.13. The molecule has 0 heterocycles. The van der Waals surface area contributed by atoms with Crippen molar-refractivity contribution in [2.45, 2.75) is 52.6 Å². The number of hydrogen-bond donors (Lipinski definition) is 2. The van der Waals surface area contributed by atoms with Crippen molar-refractivity contribution in [2.75, 3.05) is 5.32 Å². The Balaban J connectivity index is 1.86. The van der Waals surface area contributed by atoms with E-state index in [0.29, 0.717) is 6.04 Å². The number of amides is 1. The molecule has 0 radical (unpaired) electrons. The molecular weight excluding hydrogens is 248 g/mol. The molecule has 1 aliphatic rings. The highest BCUT2D eigenvalue weighted by atomic mass is 16.1. The molecule has 1 saturated carbocycles. The van der Waals surface area contributed by atoms with Gasteiger partial charge in [-0.1, -0.05) is 38.8 Å². The van der Waals surface area contributed by atoms with Gasteiger partial charge in [0.25, 0.3) is 0 Å². The predicted octanol–water partition coefficient (Wildman–Crippen LogP) is 3.56. The quantitative estimate of drug-likeness (QED) is 0.881. The first-order chi connectivity index (χ1) is 9.56. The van der Waals surface area contributed by atoms with Gasteiger partial charge in [0, 0.05) is 25.2 Å².